The van der Waals surface area contributed by atoms with Gasteiger partial charge in [0.15, 0.2) is 0 Å². The first kappa shape index (κ1) is 13.5. The number of hydrogen-bond donors (Lipinski definition) is 0. The predicted octanol–water partition coefficient (Wildman–Crippen LogP) is 4.21. The highest BCUT2D eigenvalue weighted by Crippen LogP contribution is 2.17. The Labute approximate surface area is 104 Å². The van der Waals surface area contributed by atoms with Crippen LogP contribution in [0.25, 0.3) is 0 Å². The Morgan fingerprint density at radius 1 is 1.00 bits per heavy atom. The first-order valence-corrected chi connectivity index (χ1v) is 7.61. The molecular weight excluding hydrogens is 250 g/mol. The minimum absolute atomic E-state index is 0.790. The Morgan fingerprint density at radius 3 is 2.27 bits per heavy atom. The van der Waals surface area contributed by atoms with Crippen molar-refractivity contribution in [2.45, 2.75) is 63.1 Å². The van der Waals surface area contributed by atoms with Crippen molar-refractivity contribution in [2.24, 2.45) is 0 Å². The van der Waals surface area contributed by atoms with Crippen molar-refractivity contribution in [1.82, 2.24) is 4.90 Å². The Bertz CT molecular complexity index is 141. The SMILES string of the molecule is CCCCCCCCN1CCC(Br)CC1. The fourth-order valence-corrected chi connectivity index (χ4v) is 2.65. The van der Waals surface area contributed by atoms with Crippen LogP contribution in [0.3, 0.4) is 0 Å². The zero-order chi connectivity index (χ0) is 10.9. The number of rotatable bonds is 7. The van der Waals surface area contributed by atoms with Crippen LogP contribution in [0, 0.1) is 0 Å². The fourth-order valence-electron chi connectivity index (χ4n) is 2.24. The minimum atomic E-state index is 0.790. The van der Waals surface area contributed by atoms with Gasteiger partial charge in [0.1, 0.15) is 0 Å². The summed E-state index contributed by atoms with van der Waals surface area (Å²) >= 11 is 3.70. The van der Waals surface area contributed by atoms with E-state index < -0.39 is 0 Å². The highest BCUT2D eigenvalue weighted by molar-refractivity contribution is 9.09. The number of likely N-dealkylation sites (tertiary alicyclic amines) is 1. The average molecular weight is 276 g/mol. The summed E-state index contributed by atoms with van der Waals surface area (Å²) < 4.78 is 0. The Hall–Kier alpha value is 0.440. The van der Waals surface area contributed by atoms with E-state index in [1.165, 1.54) is 71.0 Å². The van der Waals surface area contributed by atoms with Crippen LogP contribution >= 0.6 is 15.9 Å². The molecule has 15 heavy (non-hydrogen) atoms. The first-order chi connectivity index (χ1) is 7.33. The van der Waals surface area contributed by atoms with E-state index in [9.17, 15) is 0 Å². The molecule has 0 N–H and O–H groups in total. The zero-order valence-corrected chi connectivity index (χ0v) is 11.8. The molecule has 1 nitrogen and oxygen atoms in total. The fraction of sp³-hybridized carbons (Fsp3) is 1.00. The maximum absolute atomic E-state index is 3.70. The van der Waals surface area contributed by atoms with Crippen LogP contribution in [0.1, 0.15) is 58.3 Å². The number of hydrogen-bond acceptors (Lipinski definition) is 1. The third kappa shape index (κ3) is 6.57. The van der Waals surface area contributed by atoms with Crippen LogP contribution in [0.15, 0.2) is 0 Å². The second-order valence-corrected chi connectivity index (χ2v) is 6.08. The monoisotopic (exact) mass is 275 g/mol. The van der Waals surface area contributed by atoms with Gasteiger partial charge in [0.05, 0.1) is 0 Å². The van der Waals surface area contributed by atoms with Gasteiger partial charge in [-0.2, -0.15) is 0 Å². The Morgan fingerprint density at radius 2 is 1.60 bits per heavy atom. The van der Waals surface area contributed by atoms with E-state index in [0.717, 1.165) is 4.83 Å². The summed E-state index contributed by atoms with van der Waals surface area (Å²) in [7, 11) is 0. The van der Waals surface area contributed by atoms with Gasteiger partial charge in [-0.05, 0) is 38.9 Å². The number of piperidine rings is 1. The lowest BCUT2D eigenvalue weighted by Gasteiger charge is -2.29. The van der Waals surface area contributed by atoms with Gasteiger partial charge in [-0.3, -0.25) is 0 Å². The molecule has 0 radical (unpaired) electrons. The van der Waals surface area contributed by atoms with Crippen LogP contribution in [0.4, 0.5) is 0 Å². The lowest BCUT2D eigenvalue weighted by Crippen LogP contribution is -2.34. The minimum Gasteiger partial charge on any atom is -0.303 e. The second-order valence-electron chi connectivity index (χ2n) is 4.78. The van der Waals surface area contributed by atoms with E-state index in [0.29, 0.717) is 0 Å². The van der Waals surface area contributed by atoms with Gasteiger partial charge in [0.2, 0.25) is 0 Å². The molecule has 0 amide bonds. The zero-order valence-electron chi connectivity index (χ0n) is 10.2. The smallest absolute Gasteiger partial charge is 0.0170 e. The maximum atomic E-state index is 3.70. The summed E-state index contributed by atoms with van der Waals surface area (Å²) in [5.41, 5.74) is 0. The molecule has 0 saturated carbocycles. The van der Waals surface area contributed by atoms with Crippen molar-refractivity contribution in [1.29, 1.82) is 0 Å². The largest absolute Gasteiger partial charge is 0.303 e. The maximum Gasteiger partial charge on any atom is 0.0170 e. The normalized spacial score (nSPS) is 19.6. The van der Waals surface area contributed by atoms with Crippen molar-refractivity contribution in [3.05, 3.63) is 0 Å². The van der Waals surface area contributed by atoms with E-state index in [-0.39, 0.29) is 0 Å². The third-order valence-corrected chi connectivity index (χ3v) is 4.26. The molecule has 0 unspecified atom stereocenters. The molecule has 1 fully saturated rings. The standard InChI is InChI=1S/C13H26BrN/c1-2-3-4-5-6-7-10-15-11-8-13(14)9-12-15/h13H,2-12H2,1H3. The molecule has 0 aromatic rings. The molecule has 0 bridgehead atoms. The van der Waals surface area contributed by atoms with E-state index >= 15 is 0 Å². The Kier molecular flexibility index (Phi) is 7.72. The molecular formula is C13H26BrN. The number of unbranched alkanes of at least 4 members (excludes halogenated alkanes) is 5. The van der Waals surface area contributed by atoms with Crippen LogP contribution < -0.4 is 0 Å². The summed E-state index contributed by atoms with van der Waals surface area (Å²) in [6, 6.07) is 0. The lowest BCUT2D eigenvalue weighted by molar-refractivity contribution is 0.229. The predicted molar refractivity (Wildman–Crippen MR) is 71.8 cm³/mol. The molecule has 90 valence electrons. The number of nitrogens with zero attached hydrogens (tertiary/aromatic N) is 1. The molecule has 1 aliphatic heterocycles. The van der Waals surface area contributed by atoms with Gasteiger partial charge in [-0.25, -0.2) is 0 Å². The number of alkyl halides is 1. The molecule has 1 saturated heterocycles. The second kappa shape index (κ2) is 8.58. The molecule has 0 aliphatic carbocycles. The van der Waals surface area contributed by atoms with E-state index in [1.54, 1.807) is 0 Å². The van der Waals surface area contributed by atoms with Gasteiger partial charge < -0.3 is 4.90 Å². The molecule has 2 heteroatoms. The molecule has 0 aromatic carbocycles. The van der Waals surface area contributed by atoms with Gasteiger partial charge in [0, 0.05) is 4.83 Å². The Balaban J connectivity index is 1.87. The molecule has 1 heterocycles. The van der Waals surface area contributed by atoms with Crippen molar-refractivity contribution < 1.29 is 0 Å². The van der Waals surface area contributed by atoms with Gasteiger partial charge in [-0.1, -0.05) is 55.0 Å². The summed E-state index contributed by atoms with van der Waals surface area (Å²) in [4.78, 5) is 3.43. The van der Waals surface area contributed by atoms with Crippen LogP contribution in [0.5, 0.6) is 0 Å². The summed E-state index contributed by atoms with van der Waals surface area (Å²) in [6.07, 6.45) is 11.2. The summed E-state index contributed by atoms with van der Waals surface area (Å²) in [5.74, 6) is 0. The highest BCUT2D eigenvalue weighted by atomic mass is 79.9. The highest BCUT2D eigenvalue weighted by Gasteiger charge is 2.15. The molecule has 0 atom stereocenters. The van der Waals surface area contributed by atoms with Gasteiger partial charge in [0.25, 0.3) is 0 Å². The average Bonchev–Trinajstić information content (AvgIpc) is 2.26. The number of halogens is 1. The van der Waals surface area contributed by atoms with Gasteiger partial charge in [-0.15, -0.1) is 0 Å². The van der Waals surface area contributed by atoms with Crippen LogP contribution in [-0.2, 0) is 0 Å². The van der Waals surface area contributed by atoms with Crippen molar-refractivity contribution >= 4 is 15.9 Å². The summed E-state index contributed by atoms with van der Waals surface area (Å²) in [5, 5.41) is 0. The summed E-state index contributed by atoms with van der Waals surface area (Å²) in [6.45, 7) is 6.24. The molecule has 0 spiro atoms. The van der Waals surface area contributed by atoms with Crippen molar-refractivity contribution in [2.75, 3.05) is 19.6 Å². The quantitative estimate of drug-likeness (QED) is 0.497. The van der Waals surface area contributed by atoms with Crippen molar-refractivity contribution in [3.63, 3.8) is 0 Å². The molecule has 0 aromatic heterocycles. The topological polar surface area (TPSA) is 3.24 Å². The van der Waals surface area contributed by atoms with E-state index in [4.69, 9.17) is 0 Å². The first-order valence-electron chi connectivity index (χ1n) is 6.69. The molecule has 1 aliphatic rings. The van der Waals surface area contributed by atoms with Crippen LogP contribution in [0.2, 0.25) is 0 Å². The van der Waals surface area contributed by atoms with Crippen LogP contribution in [-0.4, -0.2) is 29.4 Å². The van der Waals surface area contributed by atoms with E-state index in [1.807, 2.05) is 0 Å². The third-order valence-electron chi connectivity index (χ3n) is 3.35. The van der Waals surface area contributed by atoms with E-state index in [2.05, 4.69) is 27.8 Å². The lowest BCUT2D eigenvalue weighted by atomic mass is 10.1. The van der Waals surface area contributed by atoms with Crippen molar-refractivity contribution in [3.8, 4) is 0 Å². The molecule has 1 rings (SSSR count). The van der Waals surface area contributed by atoms with Gasteiger partial charge >= 0.3 is 0 Å².